The van der Waals surface area contributed by atoms with E-state index in [1.54, 1.807) is 12.4 Å². The lowest BCUT2D eigenvalue weighted by Gasteiger charge is -2.28. The summed E-state index contributed by atoms with van der Waals surface area (Å²) in [6, 6.07) is 0. The molecule has 2 aromatic rings. The molecule has 36 heavy (non-hydrogen) atoms. The van der Waals surface area contributed by atoms with Gasteiger partial charge in [0.2, 0.25) is 0 Å². The molecule has 200 valence electrons. The van der Waals surface area contributed by atoms with Crippen LogP contribution in [0.1, 0.15) is 61.0 Å². The lowest BCUT2D eigenvalue weighted by molar-refractivity contribution is -0.111. The Kier molecular flexibility index (Phi) is 12.7. The second-order valence-corrected chi connectivity index (χ2v) is 9.83. The number of fused-ring (bicyclic) bond motifs is 1. The molecule has 0 spiro atoms. The van der Waals surface area contributed by atoms with E-state index in [-0.39, 0.29) is 0 Å². The highest BCUT2D eigenvalue weighted by Gasteiger charge is 2.27. The molecule has 0 aromatic carbocycles. The van der Waals surface area contributed by atoms with Gasteiger partial charge in [-0.1, -0.05) is 6.92 Å². The Balaban J connectivity index is 0.000000185. The first kappa shape index (κ1) is 29.5. The molecule has 0 radical (unpaired) electrons. The van der Waals surface area contributed by atoms with E-state index < -0.39 is 5.91 Å². The fraction of sp³-hybridized carbons (Fsp3) is 0.654. The quantitative estimate of drug-likeness (QED) is 0.386. The minimum atomic E-state index is -0.469. The number of carbonyl (C=O) groups excluding carboxylic acids is 3. The van der Waals surface area contributed by atoms with Crippen LogP contribution in [0.25, 0.3) is 11.2 Å². The zero-order chi connectivity index (χ0) is 26.5. The molecular formula is C26H43N7O3. The van der Waals surface area contributed by atoms with E-state index in [9.17, 15) is 14.4 Å². The first-order valence-electron chi connectivity index (χ1n) is 12.8. The zero-order valence-electron chi connectivity index (χ0n) is 22.2. The second kappa shape index (κ2) is 15.4. The average molecular weight is 502 g/mol. The van der Waals surface area contributed by atoms with Crippen molar-refractivity contribution in [2.24, 2.45) is 17.6 Å². The number of nitrogens with two attached hydrogens (primary N) is 1. The highest BCUT2D eigenvalue weighted by molar-refractivity contribution is 6.03. The third-order valence-corrected chi connectivity index (χ3v) is 6.48. The van der Waals surface area contributed by atoms with Gasteiger partial charge in [-0.25, -0.2) is 9.97 Å². The van der Waals surface area contributed by atoms with Crippen LogP contribution in [0.5, 0.6) is 0 Å². The number of aldehydes is 2. The molecule has 3 fully saturated rings. The maximum absolute atomic E-state index is 11.1. The molecule has 10 nitrogen and oxygen atoms in total. The van der Waals surface area contributed by atoms with E-state index in [0.29, 0.717) is 35.0 Å². The summed E-state index contributed by atoms with van der Waals surface area (Å²) in [4.78, 5) is 46.9. The Hall–Kier alpha value is -2.69. The van der Waals surface area contributed by atoms with E-state index in [2.05, 4.69) is 44.2 Å². The molecule has 1 aliphatic heterocycles. The van der Waals surface area contributed by atoms with Crippen LogP contribution in [0.15, 0.2) is 12.4 Å². The number of hydrogen-bond acceptors (Lipinski definition) is 8. The first-order valence-corrected chi connectivity index (χ1v) is 12.8. The van der Waals surface area contributed by atoms with Gasteiger partial charge >= 0.3 is 0 Å². The molecule has 0 unspecified atom stereocenters. The van der Waals surface area contributed by atoms with Crippen molar-refractivity contribution in [1.29, 1.82) is 0 Å². The van der Waals surface area contributed by atoms with Crippen LogP contribution in [0.4, 0.5) is 0 Å². The summed E-state index contributed by atoms with van der Waals surface area (Å²) >= 11 is 0. The normalized spacial score (nSPS) is 18.4. The van der Waals surface area contributed by atoms with Crippen molar-refractivity contribution in [2.45, 2.75) is 44.9 Å². The van der Waals surface area contributed by atoms with Crippen molar-refractivity contribution < 1.29 is 14.4 Å². The van der Waals surface area contributed by atoms with Crippen LogP contribution in [-0.2, 0) is 9.59 Å². The van der Waals surface area contributed by atoms with Crippen LogP contribution in [-0.4, -0.2) is 97.1 Å². The zero-order valence-corrected chi connectivity index (χ0v) is 22.2. The Morgan fingerprint density at radius 3 is 2.17 bits per heavy atom. The molecule has 1 saturated heterocycles. The van der Waals surface area contributed by atoms with Gasteiger partial charge in [0.1, 0.15) is 18.1 Å². The van der Waals surface area contributed by atoms with E-state index in [1.807, 2.05) is 14.0 Å². The van der Waals surface area contributed by atoms with Gasteiger partial charge in [0.25, 0.3) is 5.91 Å². The Morgan fingerprint density at radius 2 is 1.78 bits per heavy atom. The molecule has 2 saturated carbocycles. The van der Waals surface area contributed by atoms with Gasteiger partial charge in [0, 0.05) is 57.2 Å². The molecule has 10 heteroatoms. The van der Waals surface area contributed by atoms with Crippen molar-refractivity contribution in [3.63, 3.8) is 0 Å². The van der Waals surface area contributed by atoms with E-state index in [1.165, 1.54) is 39.0 Å². The lowest BCUT2D eigenvalue weighted by Crippen LogP contribution is -2.42. The van der Waals surface area contributed by atoms with Gasteiger partial charge in [-0.15, -0.1) is 0 Å². The third-order valence-electron chi connectivity index (χ3n) is 6.48. The molecule has 2 aliphatic carbocycles. The molecule has 3 aliphatic rings. The summed E-state index contributed by atoms with van der Waals surface area (Å²) in [6.07, 6.45) is 10.8. The van der Waals surface area contributed by atoms with Crippen molar-refractivity contribution in [1.82, 2.24) is 30.1 Å². The number of H-pyrrole nitrogens is 1. The highest BCUT2D eigenvalue weighted by Crippen LogP contribution is 2.39. The fourth-order valence-electron chi connectivity index (χ4n) is 3.51. The molecule has 4 N–H and O–H groups in total. The molecule has 5 rings (SSSR count). The van der Waals surface area contributed by atoms with E-state index >= 15 is 0 Å². The number of rotatable bonds is 7. The second-order valence-electron chi connectivity index (χ2n) is 9.83. The summed E-state index contributed by atoms with van der Waals surface area (Å²) in [5, 5.41) is 2.84. The number of nitrogens with one attached hydrogen (secondary N) is 2. The molecular weight excluding hydrogens is 458 g/mol. The standard InChI is InChI=1S/C10H10N4O.C6H14N2.C6H10O.C4H9NO/c11-9(15)6-3-12-10-8(6)14-7(4-13-10)5-1-2-5;1-7-3-5-8(2)6-4-7;1-5(4-7)6-2-3-6;1-5-3-2-4-6/h3-5H,1-2H2,(H2,11,15)(H,12,13);3-6H2,1-2H3;4-6H,2-3H2,1H3;4-5H,2-3H2,1H3/t;;5-;/m..0./s1. The topological polar surface area (TPSA) is 137 Å². The highest BCUT2D eigenvalue weighted by atomic mass is 16.1. The molecule has 1 atom stereocenters. The summed E-state index contributed by atoms with van der Waals surface area (Å²) < 4.78 is 0. The SMILES string of the molecule is CN1CCN(C)CC1.CNCCC=O.C[C@@H](C=O)C1CC1.NC(=O)c1c[nH]c2ncc(C3CC3)nc12. The minimum absolute atomic E-state index is 0.333. The summed E-state index contributed by atoms with van der Waals surface area (Å²) in [7, 11) is 6.17. The van der Waals surface area contributed by atoms with Crippen LogP contribution in [0, 0.1) is 11.8 Å². The van der Waals surface area contributed by atoms with Crippen LogP contribution < -0.4 is 11.1 Å². The van der Waals surface area contributed by atoms with Crippen LogP contribution >= 0.6 is 0 Å². The molecule has 2 aromatic heterocycles. The average Bonchev–Trinajstić information content (AvgIpc) is 3.82. The number of amides is 1. The summed E-state index contributed by atoms with van der Waals surface area (Å²) in [5.74, 6) is 1.14. The summed E-state index contributed by atoms with van der Waals surface area (Å²) in [6.45, 7) is 7.72. The van der Waals surface area contributed by atoms with Crippen molar-refractivity contribution in [2.75, 3.05) is 53.9 Å². The van der Waals surface area contributed by atoms with Crippen LogP contribution in [0.2, 0.25) is 0 Å². The molecule has 1 amide bonds. The van der Waals surface area contributed by atoms with Crippen molar-refractivity contribution in [3.05, 3.63) is 23.7 Å². The third kappa shape index (κ3) is 10.5. The van der Waals surface area contributed by atoms with Gasteiger partial charge in [0.05, 0.1) is 17.5 Å². The first-order chi connectivity index (χ1) is 17.3. The number of likely N-dealkylation sites (N-methyl/N-ethyl adjacent to an activating group) is 2. The summed E-state index contributed by atoms with van der Waals surface area (Å²) in [5.41, 5.74) is 7.83. The number of carbonyl (C=O) groups is 3. The van der Waals surface area contributed by atoms with Gasteiger partial charge < -0.3 is 35.4 Å². The molecule has 0 bridgehead atoms. The van der Waals surface area contributed by atoms with E-state index in [4.69, 9.17) is 5.73 Å². The number of primary amides is 1. The predicted molar refractivity (Wildman–Crippen MR) is 142 cm³/mol. The number of aromatic amines is 1. The predicted octanol–water partition coefficient (Wildman–Crippen LogP) is 1.82. The van der Waals surface area contributed by atoms with Gasteiger partial charge in [-0.05, 0) is 52.7 Å². The minimum Gasteiger partial charge on any atom is -0.365 e. The van der Waals surface area contributed by atoms with Crippen molar-refractivity contribution in [3.8, 4) is 0 Å². The van der Waals surface area contributed by atoms with Gasteiger partial charge in [-0.2, -0.15) is 0 Å². The van der Waals surface area contributed by atoms with Crippen molar-refractivity contribution >= 4 is 29.6 Å². The van der Waals surface area contributed by atoms with Crippen LogP contribution in [0.3, 0.4) is 0 Å². The number of hydrogen-bond donors (Lipinski definition) is 3. The van der Waals surface area contributed by atoms with E-state index in [0.717, 1.165) is 43.6 Å². The maximum Gasteiger partial charge on any atom is 0.252 e. The lowest BCUT2D eigenvalue weighted by atomic mass is 10.1. The fourth-order valence-corrected chi connectivity index (χ4v) is 3.51. The molecule has 3 heterocycles. The van der Waals surface area contributed by atoms with Gasteiger partial charge in [0.15, 0.2) is 5.65 Å². The monoisotopic (exact) mass is 501 g/mol. The smallest absolute Gasteiger partial charge is 0.252 e. The number of piperazine rings is 1. The Bertz CT molecular complexity index is 938. The van der Waals surface area contributed by atoms with Gasteiger partial charge in [-0.3, -0.25) is 4.79 Å². The maximum atomic E-state index is 11.1. The Morgan fingerprint density at radius 1 is 1.17 bits per heavy atom. The number of aromatic nitrogens is 3. The Labute approximate surface area is 214 Å². The number of nitrogens with zero attached hydrogens (tertiary/aromatic N) is 4. The largest absolute Gasteiger partial charge is 0.365 e.